The van der Waals surface area contributed by atoms with Gasteiger partial charge in [0.25, 0.3) is 0 Å². The van der Waals surface area contributed by atoms with Gasteiger partial charge in [0.15, 0.2) is 0 Å². The van der Waals surface area contributed by atoms with Crippen LogP contribution in [0, 0.1) is 0 Å². The number of hydrogen-bond donors (Lipinski definition) is 0. The Kier molecular flexibility index (Phi) is 9.35. The zero-order valence-corrected chi connectivity index (χ0v) is 42.3. The topological polar surface area (TPSA) is 29.5 Å². The second-order valence-electron chi connectivity index (χ2n) is 21.5. The van der Waals surface area contributed by atoms with Gasteiger partial charge in [0.1, 0.15) is 22.3 Å². The zero-order chi connectivity index (χ0) is 50.2. The molecule has 2 aliphatic carbocycles. The van der Waals surface area contributed by atoms with Crippen LogP contribution >= 0.6 is 0 Å². The first kappa shape index (κ1) is 43.4. The summed E-state index contributed by atoms with van der Waals surface area (Å²) in [4.78, 5) is 2.56. The highest BCUT2D eigenvalue weighted by Crippen LogP contribution is 2.59. The molecule has 0 N–H and O–H groups in total. The van der Waals surface area contributed by atoms with Gasteiger partial charge < -0.3 is 13.7 Å². The predicted molar refractivity (Wildman–Crippen MR) is 313 cm³/mol. The average molecular weight is 962 g/mol. The van der Waals surface area contributed by atoms with Gasteiger partial charge in [-0.25, -0.2) is 0 Å². The van der Waals surface area contributed by atoms with Crippen LogP contribution in [-0.4, -0.2) is 0 Å². The average Bonchev–Trinajstić information content (AvgIpc) is 4.24. The second-order valence-corrected chi connectivity index (χ2v) is 21.5. The number of para-hydroxylation sites is 3. The minimum atomic E-state index is -0.361. The maximum Gasteiger partial charge on any atom is 0.143 e. The van der Waals surface area contributed by atoms with Gasteiger partial charge >= 0.3 is 0 Å². The van der Waals surface area contributed by atoms with Crippen molar-refractivity contribution in [3.05, 3.63) is 259 Å². The maximum absolute atomic E-state index is 6.87. The van der Waals surface area contributed by atoms with Crippen LogP contribution in [0.1, 0.15) is 49.9 Å². The van der Waals surface area contributed by atoms with Crippen molar-refractivity contribution in [1.29, 1.82) is 0 Å². The Morgan fingerprint density at radius 2 is 0.667 bits per heavy atom. The minimum absolute atomic E-state index is 0.361. The van der Waals surface area contributed by atoms with Crippen molar-refractivity contribution in [2.75, 3.05) is 4.90 Å². The first-order chi connectivity index (χ1) is 36.7. The lowest BCUT2D eigenvalue weighted by molar-refractivity contribution is 0.657. The van der Waals surface area contributed by atoms with Crippen molar-refractivity contribution >= 4 is 60.9 Å². The molecular weight excluding hydrogens is 911 g/mol. The third-order valence-electron chi connectivity index (χ3n) is 16.6. The van der Waals surface area contributed by atoms with Crippen LogP contribution in [0.5, 0.6) is 0 Å². The molecule has 15 rings (SSSR count). The first-order valence-electron chi connectivity index (χ1n) is 26.2. The summed E-state index contributed by atoms with van der Waals surface area (Å²) in [5.74, 6) is 0. The third-order valence-corrected chi connectivity index (χ3v) is 16.6. The van der Waals surface area contributed by atoms with Crippen molar-refractivity contribution in [1.82, 2.24) is 0 Å². The molecule has 0 spiro atoms. The molecule has 75 heavy (non-hydrogen) atoms. The Hall–Kier alpha value is -9.18. The number of benzene rings is 11. The predicted octanol–water partition coefficient (Wildman–Crippen LogP) is 20.2. The molecule has 0 aliphatic heterocycles. The van der Waals surface area contributed by atoms with Gasteiger partial charge in [-0.2, -0.15) is 0 Å². The summed E-state index contributed by atoms with van der Waals surface area (Å²) >= 11 is 0. The lowest BCUT2D eigenvalue weighted by Crippen LogP contribution is -2.18. The largest absolute Gasteiger partial charge is 0.455 e. The smallest absolute Gasteiger partial charge is 0.143 e. The molecule has 3 heteroatoms. The molecule has 0 bridgehead atoms. The number of nitrogens with zero attached hydrogens (tertiary/aromatic N) is 1. The molecular formula is C72H51NO2. The molecule has 11 aromatic carbocycles. The lowest BCUT2D eigenvalue weighted by atomic mass is 9.80. The third kappa shape index (κ3) is 6.34. The molecule has 2 aromatic heterocycles. The summed E-state index contributed by atoms with van der Waals surface area (Å²) in [5, 5.41) is 4.63. The molecule has 0 atom stereocenters. The Labute approximate surface area is 436 Å². The molecule has 13 aromatic rings. The number of anilines is 3. The summed E-state index contributed by atoms with van der Waals surface area (Å²) in [6, 6.07) is 86.4. The van der Waals surface area contributed by atoms with Crippen LogP contribution in [0.15, 0.2) is 245 Å². The Morgan fingerprint density at radius 1 is 0.307 bits per heavy atom. The van der Waals surface area contributed by atoms with E-state index in [1.54, 1.807) is 0 Å². The lowest BCUT2D eigenvalue weighted by Gasteiger charge is -2.33. The van der Waals surface area contributed by atoms with Crippen LogP contribution < -0.4 is 4.90 Å². The highest BCUT2D eigenvalue weighted by molar-refractivity contribution is 6.20. The fraction of sp³-hybridized carbons (Fsp3) is 0.0833. The van der Waals surface area contributed by atoms with Crippen molar-refractivity contribution in [3.8, 4) is 66.8 Å². The monoisotopic (exact) mass is 961 g/mol. The van der Waals surface area contributed by atoms with Crippen molar-refractivity contribution in [3.63, 3.8) is 0 Å². The summed E-state index contributed by atoms with van der Waals surface area (Å²) in [6.07, 6.45) is 0. The molecule has 0 fully saturated rings. The van der Waals surface area contributed by atoms with E-state index >= 15 is 0 Å². The molecule has 0 saturated carbocycles. The van der Waals surface area contributed by atoms with E-state index in [0.717, 1.165) is 94.7 Å². The van der Waals surface area contributed by atoms with Gasteiger partial charge in [0, 0.05) is 66.0 Å². The molecule has 0 unspecified atom stereocenters. The van der Waals surface area contributed by atoms with Crippen LogP contribution in [0.2, 0.25) is 0 Å². The van der Waals surface area contributed by atoms with Crippen molar-refractivity contribution in [2.24, 2.45) is 0 Å². The standard InChI is InChI=1S/C72H51NO2/c1-71(2)58-40-48(36-38-52(58)64-60(71)42-56(46-26-13-7-14-27-46)69-66(64)54-30-17-19-34-62(54)74-69)73(68-50(44-22-9-5-10-23-44)32-21-33-51(68)45-24-11-6-12-25-45)49-37-39-53-59(41-49)72(3,4)61-43-57(47-28-15-8-16-29-47)70-67(65(53)61)55-31-18-20-35-63(55)75-70/h5-43H,1-4H3. The van der Waals surface area contributed by atoms with E-state index in [2.05, 4.69) is 269 Å². The van der Waals surface area contributed by atoms with E-state index in [0.29, 0.717) is 0 Å². The highest BCUT2D eigenvalue weighted by Gasteiger charge is 2.42. The molecule has 0 amide bonds. The number of furan rings is 2. The van der Waals surface area contributed by atoms with Gasteiger partial charge in [-0.05, 0) is 115 Å². The summed E-state index contributed by atoms with van der Waals surface area (Å²) < 4.78 is 13.7. The summed E-state index contributed by atoms with van der Waals surface area (Å²) in [6.45, 7) is 9.62. The second kappa shape index (κ2) is 16.2. The van der Waals surface area contributed by atoms with E-state index in [9.17, 15) is 0 Å². The Bertz CT molecular complexity index is 4160. The van der Waals surface area contributed by atoms with Crippen molar-refractivity contribution < 1.29 is 8.83 Å². The molecule has 3 nitrogen and oxygen atoms in total. The van der Waals surface area contributed by atoms with E-state index in [1.807, 2.05) is 0 Å². The fourth-order valence-corrected chi connectivity index (χ4v) is 13.0. The maximum atomic E-state index is 6.87. The molecule has 0 saturated heterocycles. The van der Waals surface area contributed by atoms with Crippen molar-refractivity contribution in [2.45, 2.75) is 38.5 Å². The van der Waals surface area contributed by atoms with Gasteiger partial charge in [0.05, 0.1) is 5.69 Å². The van der Waals surface area contributed by atoms with Crippen LogP contribution in [0.25, 0.3) is 111 Å². The van der Waals surface area contributed by atoms with E-state index < -0.39 is 0 Å². The molecule has 2 aliphatic rings. The number of hydrogen-bond acceptors (Lipinski definition) is 3. The summed E-state index contributed by atoms with van der Waals surface area (Å²) in [7, 11) is 0. The normalized spacial score (nSPS) is 13.8. The van der Waals surface area contributed by atoms with Gasteiger partial charge in [0.2, 0.25) is 0 Å². The number of fused-ring (bicyclic) bond motifs is 14. The van der Waals surface area contributed by atoms with E-state index in [-0.39, 0.29) is 10.8 Å². The van der Waals surface area contributed by atoms with Gasteiger partial charge in [-0.1, -0.05) is 216 Å². The molecule has 356 valence electrons. The van der Waals surface area contributed by atoms with E-state index in [1.165, 1.54) is 55.3 Å². The fourth-order valence-electron chi connectivity index (χ4n) is 13.0. The quantitative estimate of drug-likeness (QED) is 0.159. The Balaban J connectivity index is 0.999. The van der Waals surface area contributed by atoms with Crippen LogP contribution in [0.4, 0.5) is 17.1 Å². The highest BCUT2D eigenvalue weighted by atomic mass is 16.3. The van der Waals surface area contributed by atoms with Gasteiger partial charge in [-0.15, -0.1) is 0 Å². The number of rotatable bonds is 7. The zero-order valence-electron chi connectivity index (χ0n) is 42.3. The van der Waals surface area contributed by atoms with E-state index in [4.69, 9.17) is 8.83 Å². The molecule has 0 radical (unpaired) electrons. The Morgan fingerprint density at radius 3 is 1.07 bits per heavy atom. The molecule has 2 heterocycles. The van der Waals surface area contributed by atoms with Gasteiger partial charge in [-0.3, -0.25) is 0 Å². The minimum Gasteiger partial charge on any atom is -0.455 e. The van der Waals surface area contributed by atoms with Crippen LogP contribution in [0.3, 0.4) is 0 Å². The van der Waals surface area contributed by atoms with Crippen LogP contribution in [-0.2, 0) is 10.8 Å². The SMILES string of the molecule is CC1(C)c2cc(N(c3ccc4c(c3)C(C)(C)c3cc(-c5ccccc5)c5oc6ccccc6c5c3-4)c3c(-c4ccccc4)cccc3-c3ccccc3)ccc2-c2c1cc(-c1ccccc1)c1oc3ccccc3c21. The first-order valence-corrected chi connectivity index (χ1v) is 26.2. The summed E-state index contributed by atoms with van der Waals surface area (Å²) in [5.41, 5.74) is 25.6.